The molecule has 2 aromatic carbocycles. The Hall–Kier alpha value is -2.40. The van der Waals surface area contributed by atoms with Gasteiger partial charge in [-0.05, 0) is 61.7 Å². The molecule has 3 rings (SSSR count). The number of piperidine rings is 1. The summed E-state index contributed by atoms with van der Waals surface area (Å²) in [5.74, 6) is -0.0119. The molecule has 1 N–H and O–H groups in total. The van der Waals surface area contributed by atoms with Gasteiger partial charge < -0.3 is 5.32 Å². The minimum absolute atomic E-state index is 0.0119. The standard InChI is InChI=1S/C21H20F3NO/c1-14(26)15-2-4-16(5-3-15)20(18-10-12-25-13-11-18)17-6-8-19(9-7-17)21(22,23)24/h2-9,25H,10-13H2,1H3. The molecule has 1 aliphatic rings. The molecule has 2 aromatic rings. The van der Waals surface area contributed by atoms with Gasteiger partial charge in [0.2, 0.25) is 0 Å². The summed E-state index contributed by atoms with van der Waals surface area (Å²) in [6.07, 6.45) is -2.64. The predicted octanol–water partition coefficient (Wildman–Crippen LogP) is 5.09. The van der Waals surface area contributed by atoms with E-state index in [4.69, 9.17) is 0 Å². The maximum atomic E-state index is 12.9. The Morgan fingerprint density at radius 3 is 1.77 bits per heavy atom. The number of alkyl halides is 3. The minimum atomic E-state index is -4.34. The van der Waals surface area contributed by atoms with Crippen LogP contribution < -0.4 is 5.32 Å². The number of hydrogen-bond donors (Lipinski definition) is 1. The zero-order chi connectivity index (χ0) is 18.7. The van der Waals surface area contributed by atoms with Gasteiger partial charge >= 0.3 is 6.18 Å². The van der Waals surface area contributed by atoms with Crippen molar-refractivity contribution in [3.8, 4) is 0 Å². The molecule has 5 heteroatoms. The lowest BCUT2D eigenvalue weighted by Crippen LogP contribution is -2.23. The molecule has 0 saturated carbocycles. The zero-order valence-electron chi connectivity index (χ0n) is 14.5. The maximum absolute atomic E-state index is 12.9. The van der Waals surface area contributed by atoms with E-state index in [0.717, 1.165) is 54.8 Å². The van der Waals surface area contributed by atoms with Crippen molar-refractivity contribution in [2.24, 2.45) is 0 Å². The number of Topliss-reactive ketones (excluding diaryl/α,β-unsaturated/α-hetero) is 1. The van der Waals surface area contributed by atoms with Crippen molar-refractivity contribution in [1.82, 2.24) is 5.32 Å². The van der Waals surface area contributed by atoms with Crippen LogP contribution in [-0.2, 0) is 6.18 Å². The number of benzene rings is 2. The molecule has 0 spiro atoms. The molecule has 0 atom stereocenters. The molecule has 1 saturated heterocycles. The molecule has 1 aliphatic heterocycles. The first-order valence-corrected chi connectivity index (χ1v) is 8.58. The summed E-state index contributed by atoms with van der Waals surface area (Å²) in [5, 5.41) is 3.30. The molecular formula is C21H20F3NO. The Morgan fingerprint density at radius 1 is 0.846 bits per heavy atom. The molecule has 136 valence electrons. The number of halogens is 3. The third-order valence-corrected chi connectivity index (χ3v) is 4.64. The minimum Gasteiger partial charge on any atom is -0.316 e. The Kier molecular flexibility index (Phi) is 5.28. The highest BCUT2D eigenvalue weighted by atomic mass is 19.4. The van der Waals surface area contributed by atoms with Crippen LogP contribution in [0.15, 0.2) is 54.1 Å². The summed E-state index contributed by atoms with van der Waals surface area (Å²) in [5.41, 5.74) is 3.85. The SMILES string of the molecule is CC(=O)c1ccc(C(=C2CCNCC2)c2ccc(C(F)(F)F)cc2)cc1. The third-order valence-electron chi connectivity index (χ3n) is 4.64. The Balaban J connectivity index is 2.06. The van der Waals surface area contributed by atoms with Gasteiger partial charge in [-0.25, -0.2) is 0 Å². The predicted molar refractivity (Wildman–Crippen MR) is 96.0 cm³/mol. The molecule has 0 aliphatic carbocycles. The van der Waals surface area contributed by atoms with E-state index in [2.05, 4.69) is 5.32 Å². The van der Waals surface area contributed by atoms with Crippen molar-refractivity contribution in [2.45, 2.75) is 25.9 Å². The average molecular weight is 359 g/mol. The van der Waals surface area contributed by atoms with Gasteiger partial charge in [-0.15, -0.1) is 0 Å². The van der Waals surface area contributed by atoms with Gasteiger partial charge in [0.15, 0.2) is 5.78 Å². The zero-order valence-corrected chi connectivity index (χ0v) is 14.5. The van der Waals surface area contributed by atoms with E-state index in [-0.39, 0.29) is 5.78 Å². The fourth-order valence-electron chi connectivity index (χ4n) is 3.25. The average Bonchev–Trinajstić information content (AvgIpc) is 2.63. The first kappa shape index (κ1) is 18.4. The normalized spacial score (nSPS) is 15.0. The molecule has 0 amide bonds. The molecule has 0 radical (unpaired) electrons. The highest BCUT2D eigenvalue weighted by Crippen LogP contribution is 2.34. The van der Waals surface area contributed by atoms with Crippen LogP contribution in [0, 0.1) is 0 Å². The van der Waals surface area contributed by atoms with Gasteiger partial charge in [-0.3, -0.25) is 4.79 Å². The van der Waals surface area contributed by atoms with Gasteiger partial charge in [-0.2, -0.15) is 13.2 Å². The van der Waals surface area contributed by atoms with Crippen molar-refractivity contribution < 1.29 is 18.0 Å². The number of hydrogen-bond acceptors (Lipinski definition) is 2. The second-order valence-corrected chi connectivity index (χ2v) is 6.44. The van der Waals surface area contributed by atoms with Crippen LogP contribution in [0.1, 0.15) is 46.8 Å². The first-order chi connectivity index (χ1) is 12.4. The molecule has 0 unspecified atom stereocenters. The largest absolute Gasteiger partial charge is 0.416 e. The second kappa shape index (κ2) is 7.46. The van der Waals surface area contributed by atoms with Crippen molar-refractivity contribution in [3.63, 3.8) is 0 Å². The van der Waals surface area contributed by atoms with Crippen LogP contribution in [0.4, 0.5) is 13.2 Å². The number of ketones is 1. The summed E-state index contributed by atoms with van der Waals surface area (Å²) < 4.78 is 38.6. The molecular weight excluding hydrogens is 339 g/mol. The Morgan fingerprint density at radius 2 is 1.31 bits per heavy atom. The fraction of sp³-hybridized carbons (Fsp3) is 0.286. The van der Waals surface area contributed by atoms with Crippen molar-refractivity contribution >= 4 is 11.4 Å². The molecule has 26 heavy (non-hydrogen) atoms. The monoisotopic (exact) mass is 359 g/mol. The van der Waals surface area contributed by atoms with Crippen molar-refractivity contribution in [1.29, 1.82) is 0 Å². The van der Waals surface area contributed by atoms with E-state index < -0.39 is 11.7 Å². The molecule has 1 heterocycles. The summed E-state index contributed by atoms with van der Waals surface area (Å²) >= 11 is 0. The van der Waals surface area contributed by atoms with Crippen LogP contribution in [0.25, 0.3) is 5.57 Å². The van der Waals surface area contributed by atoms with Crippen LogP contribution in [-0.4, -0.2) is 18.9 Å². The number of carbonyl (C=O) groups is 1. The highest BCUT2D eigenvalue weighted by Gasteiger charge is 2.30. The quantitative estimate of drug-likeness (QED) is 0.773. The van der Waals surface area contributed by atoms with Crippen LogP contribution in [0.3, 0.4) is 0 Å². The van der Waals surface area contributed by atoms with Crippen LogP contribution >= 0.6 is 0 Å². The molecule has 2 nitrogen and oxygen atoms in total. The lowest BCUT2D eigenvalue weighted by atomic mass is 9.88. The van der Waals surface area contributed by atoms with Gasteiger partial charge in [0, 0.05) is 5.56 Å². The molecule has 1 fully saturated rings. The van der Waals surface area contributed by atoms with Crippen LogP contribution in [0.5, 0.6) is 0 Å². The third kappa shape index (κ3) is 4.05. The van der Waals surface area contributed by atoms with Crippen molar-refractivity contribution in [2.75, 3.05) is 13.1 Å². The summed E-state index contributed by atoms with van der Waals surface area (Å²) in [4.78, 5) is 11.5. The van der Waals surface area contributed by atoms with E-state index in [1.165, 1.54) is 24.6 Å². The number of rotatable bonds is 3. The smallest absolute Gasteiger partial charge is 0.316 e. The van der Waals surface area contributed by atoms with E-state index in [1.807, 2.05) is 12.1 Å². The van der Waals surface area contributed by atoms with Gasteiger partial charge in [0.25, 0.3) is 0 Å². The summed E-state index contributed by atoms with van der Waals surface area (Å²) in [6, 6.07) is 12.6. The Bertz CT molecular complexity index is 810. The second-order valence-electron chi connectivity index (χ2n) is 6.44. The van der Waals surface area contributed by atoms with Gasteiger partial charge in [0.05, 0.1) is 5.56 Å². The van der Waals surface area contributed by atoms with E-state index in [0.29, 0.717) is 5.56 Å². The van der Waals surface area contributed by atoms with Gasteiger partial charge in [0.1, 0.15) is 0 Å². The summed E-state index contributed by atoms with van der Waals surface area (Å²) in [6.45, 7) is 3.22. The first-order valence-electron chi connectivity index (χ1n) is 8.58. The van der Waals surface area contributed by atoms with E-state index in [1.54, 1.807) is 12.1 Å². The van der Waals surface area contributed by atoms with E-state index in [9.17, 15) is 18.0 Å². The lowest BCUT2D eigenvalue weighted by molar-refractivity contribution is -0.137. The topological polar surface area (TPSA) is 29.1 Å². The number of nitrogens with one attached hydrogen (secondary N) is 1. The molecule has 0 aromatic heterocycles. The fourth-order valence-corrected chi connectivity index (χ4v) is 3.25. The van der Waals surface area contributed by atoms with Crippen molar-refractivity contribution in [3.05, 3.63) is 76.4 Å². The highest BCUT2D eigenvalue weighted by molar-refractivity contribution is 5.94. The van der Waals surface area contributed by atoms with E-state index >= 15 is 0 Å². The number of carbonyl (C=O) groups excluding carboxylic acids is 1. The Labute approximate surface area is 150 Å². The molecule has 0 bridgehead atoms. The van der Waals surface area contributed by atoms with Gasteiger partial charge in [-0.1, -0.05) is 42.0 Å². The summed E-state index contributed by atoms with van der Waals surface area (Å²) in [7, 11) is 0. The lowest BCUT2D eigenvalue weighted by Gasteiger charge is -2.21. The maximum Gasteiger partial charge on any atom is 0.416 e. The van der Waals surface area contributed by atoms with Crippen LogP contribution in [0.2, 0.25) is 0 Å².